The van der Waals surface area contributed by atoms with Crippen molar-refractivity contribution >= 4 is 27.5 Å². The lowest BCUT2D eigenvalue weighted by Crippen LogP contribution is -2.19. The summed E-state index contributed by atoms with van der Waals surface area (Å²) in [4.78, 5) is 17.6. The van der Waals surface area contributed by atoms with Crippen LogP contribution in [0.25, 0.3) is 10.2 Å². The summed E-state index contributed by atoms with van der Waals surface area (Å²) in [7, 11) is 1.60. The number of hydrogen-bond donors (Lipinski definition) is 0. The van der Waals surface area contributed by atoms with Crippen molar-refractivity contribution in [2.24, 2.45) is 4.99 Å². The first-order valence-electron chi connectivity index (χ1n) is 9.33. The van der Waals surface area contributed by atoms with Crippen molar-refractivity contribution in [3.63, 3.8) is 0 Å². The van der Waals surface area contributed by atoms with Gasteiger partial charge in [0.05, 0.1) is 30.0 Å². The molecule has 0 spiro atoms. The van der Waals surface area contributed by atoms with Gasteiger partial charge in [-0.05, 0) is 50.2 Å². The fraction of sp³-hybridized carbons (Fsp3) is 0.333. The molecule has 1 amide bonds. The Kier molecular flexibility index (Phi) is 7.00. The average molecular weight is 418 g/mol. The highest BCUT2D eigenvalue weighted by Crippen LogP contribution is 2.29. The lowest BCUT2D eigenvalue weighted by molar-refractivity contribution is 0.0997. The predicted octanol–water partition coefficient (Wildman–Crippen LogP) is 4.03. The number of fused-ring (bicyclic) bond motifs is 1. The van der Waals surface area contributed by atoms with Gasteiger partial charge in [0.15, 0.2) is 16.3 Å². The minimum atomic E-state index is -0.410. The largest absolute Gasteiger partial charge is 0.490 e. The molecule has 0 atom stereocenters. The van der Waals surface area contributed by atoms with Crippen LogP contribution in [0.1, 0.15) is 24.2 Å². The molecule has 29 heavy (non-hydrogen) atoms. The predicted molar refractivity (Wildman–Crippen MR) is 110 cm³/mol. The normalized spacial score (nSPS) is 11.8. The number of ether oxygens (including phenoxy) is 3. The quantitative estimate of drug-likeness (QED) is 0.554. The molecular weight excluding hydrogens is 395 g/mol. The van der Waals surface area contributed by atoms with Gasteiger partial charge in [0.25, 0.3) is 5.91 Å². The Morgan fingerprint density at radius 2 is 1.86 bits per heavy atom. The number of nitrogens with zero attached hydrogens (tertiary/aromatic N) is 2. The molecule has 1 aromatic heterocycles. The van der Waals surface area contributed by atoms with E-state index in [2.05, 4.69) is 4.99 Å². The molecule has 3 aromatic rings. The van der Waals surface area contributed by atoms with Gasteiger partial charge in [-0.2, -0.15) is 4.99 Å². The van der Waals surface area contributed by atoms with Crippen LogP contribution in [-0.4, -0.2) is 37.4 Å². The van der Waals surface area contributed by atoms with Gasteiger partial charge in [-0.3, -0.25) is 4.79 Å². The van der Waals surface area contributed by atoms with Crippen LogP contribution in [0, 0.1) is 5.82 Å². The second-order valence-corrected chi connectivity index (χ2v) is 7.09. The first-order chi connectivity index (χ1) is 14.1. The van der Waals surface area contributed by atoms with Crippen LogP contribution in [0.2, 0.25) is 0 Å². The molecule has 1 heterocycles. The lowest BCUT2D eigenvalue weighted by atomic mass is 10.2. The van der Waals surface area contributed by atoms with Crippen LogP contribution in [0.5, 0.6) is 11.5 Å². The van der Waals surface area contributed by atoms with Gasteiger partial charge in [-0.25, -0.2) is 4.39 Å². The Bertz CT molecular complexity index is 1070. The third kappa shape index (κ3) is 4.83. The van der Waals surface area contributed by atoms with Crippen molar-refractivity contribution in [1.82, 2.24) is 4.57 Å². The van der Waals surface area contributed by atoms with Crippen molar-refractivity contribution in [2.45, 2.75) is 20.4 Å². The van der Waals surface area contributed by atoms with Crippen molar-refractivity contribution < 1.29 is 23.4 Å². The zero-order chi connectivity index (χ0) is 20.8. The SMILES string of the molecule is CCOc1ccc(C(=O)N=c2sc3cc(F)ccc3n2CCOC)cc1OCC. The van der Waals surface area contributed by atoms with Crippen LogP contribution in [-0.2, 0) is 11.3 Å². The molecule has 0 saturated heterocycles. The highest BCUT2D eigenvalue weighted by Gasteiger charge is 2.13. The third-order valence-corrected chi connectivity index (χ3v) is 5.19. The van der Waals surface area contributed by atoms with E-state index >= 15 is 0 Å². The van der Waals surface area contributed by atoms with E-state index < -0.39 is 5.91 Å². The number of amides is 1. The average Bonchev–Trinajstić information content (AvgIpc) is 3.03. The van der Waals surface area contributed by atoms with Crippen LogP contribution >= 0.6 is 11.3 Å². The number of carbonyl (C=O) groups excluding carboxylic acids is 1. The summed E-state index contributed by atoms with van der Waals surface area (Å²) in [5.74, 6) is 0.343. The van der Waals surface area contributed by atoms with E-state index in [1.807, 2.05) is 18.4 Å². The Balaban J connectivity index is 2.04. The molecule has 0 aliphatic heterocycles. The van der Waals surface area contributed by atoms with Crippen molar-refractivity contribution in [3.8, 4) is 11.5 Å². The zero-order valence-electron chi connectivity index (χ0n) is 16.6. The molecule has 0 bridgehead atoms. The summed E-state index contributed by atoms with van der Waals surface area (Å²) in [6.07, 6.45) is 0. The van der Waals surface area contributed by atoms with E-state index in [0.717, 1.165) is 5.52 Å². The van der Waals surface area contributed by atoms with Gasteiger partial charge in [-0.1, -0.05) is 11.3 Å². The molecule has 6 nitrogen and oxygen atoms in total. The van der Waals surface area contributed by atoms with Crippen LogP contribution in [0.4, 0.5) is 4.39 Å². The molecule has 0 fully saturated rings. The smallest absolute Gasteiger partial charge is 0.279 e. The van der Waals surface area contributed by atoms with Gasteiger partial charge in [0, 0.05) is 19.2 Å². The molecule has 2 aromatic carbocycles. The minimum absolute atomic E-state index is 0.330. The second kappa shape index (κ2) is 9.67. The van der Waals surface area contributed by atoms with Gasteiger partial charge in [0.2, 0.25) is 0 Å². The second-order valence-electron chi connectivity index (χ2n) is 6.09. The standard InChI is InChI=1S/C21H23FN2O4S/c1-4-27-17-9-6-14(12-18(17)28-5-2)20(25)23-21-24(10-11-26-3)16-8-7-15(22)13-19(16)29-21/h6-9,12-13H,4-5,10-11H2,1-3H3. The van der Waals surface area contributed by atoms with Crippen molar-refractivity contribution in [3.05, 3.63) is 52.6 Å². The van der Waals surface area contributed by atoms with Crippen LogP contribution in [0.3, 0.4) is 0 Å². The number of thiazole rings is 1. The maximum absolute atomic E-state index is 13.6. The fourth-order valence-corrected chi connectivity index (χ4v) is 3.95. The van der Waals surface area contributed by atoms with Gasteiger partial charge < -0.3 is 18.8 Å². The number of aromatic nitrogens is 1. The summed E-state index contributed by atoms with van der Waals surface area (Å²) >= 11 is 1.26. The lowest BCUT2D eigenvalue weighted by Gasteiger charge is -2.11. The molecule has 0 saturated carbocycles. The minimum Gasteiger partial charge on any atom is -0.490 e. The summed E-state index contributed by atoms with van der Waals surface area (Å²) in [5.41, 5.74) is 1.19. The Hall–Kier alpha value is -2.71. The topological polar surface area (TPSA) is 62.0 Å². The van der Waals surface area contributed by atoms with Gasteiger partial charge in [-0.15, -0.1) is 0 Å². The van der Waals surface area contributed by atoms with Crippen molar-refractivity contribution in [2.75, 3.05) is 26.9 Å². The first kappa shape index (κ1) is 21.0. The highest BCUT2D eigenvalue weighted by atomic mass is 32.1. The summed E-state index contributed by atoms with van der Waals surface area (Å²) in [6.45, 7) is 5.64. The zero-order valence-corrected chi connectivity index (χ0v) is 17.4. The Morgan fingerprint density at radius 3 is 2.59 bits per heavy atom. The molecule has 8 heteroatoms. The Morgan fingerprint density at radius 1 is 1.10 bits per heavy atom. The number of hydrogen-bond acceptors (Lipinski definition) is 5. The number of halogens is 1. The van der Waals surface area contributed by atoms with Gasteiger partial charge >= 0.3 is 0 Å². The van der Waals surface area contributed by atoms with E-state index in [1.165, 1.54) is 23.5 Å². The molecule has 154 valence electrons. The van der Waals surface area contributed by atoms with E-state index in [-0.39, 0.29) is 5.82 Å². The van der Waals surface area contributed by atoms with Gasteiger partial charge in [0.1, 0.15) is 5.82 Å². The number of benzene rings is 2. The van der Waals surface area contributed by atoms with E-state index in [9.17, 15) is 9.18 Å². The highest BCUT2D eigenvalue weighted by molar-refractivity contribution is 7.16. The summed E-state index contributed by atoms with van der Waals surface area (Å²) in [5, 5.41) is 0. The van der Waals surface area contributed by atoms with Crippen LogP contribution in [0.15, 0.2) is 41.4 Å². The molecule has 0 aliphatic carbocycles. The number of rotatable bonds is 8. The molecule has 0 N–H and O–H groups in total. The van der Waals surface area contributed by atoms with E-state index in [4.69, 9.17) is 14.2 Å². The maximum atomic E-state index is 13.6. The first-order valence-corrected chi connectivity index (χ1v) is 10.2. The molecular formula is C21H23FN2O4S. The molecule has 3 rings (SSSR count). The van der Waals surface area contributed by atoms with E-state index in [1.54, 1.807) is 31.4 Å². The van der Waals surface area contributed by atoms with Crippen molar-refractivity contribution in [1.29, 1.82) is 0 Å². The van der Waals surface area contributed by atoms with Crippen LogP contribution < -0.4 is 14.3 Å². The number of carbonyl (C=O) groups is 1. The number of methoxy groups -OCH3 is 1. The maximum Gasteiger partial charge on any atom is 0.279 e. The third-order valence-electron chi connectivity index (χ3n) is 4.15. The molecule has 0 unspecified atom stereocenters. The molecule has 0 radical (unpaired) electrons. The Labute approximate surface area is 172 Å². The van der Waals surface area contributed by atoms with E-state index in [0.29, 0.717) is 52.9 Å². The summed E-state index contributed by atoms with van der Waals surface area (Å²) < 4.78 is 32.5. The fourth-order valence-electron chi connectivity index (χ4n) is 2.87. The monoisotopic (exact) mass is 418 g/mol. The molecule has 0 aliphatic rings. The summed E-state index contributed by atoms with van der Waals surface area (Å²) in [6, 6.07) is 9.52.